The van der Waals surface area contributed by atoms with Gasteiger partial charge >= 0.3 is 12.1 Å². The van der Waals surface area contributed by atoms with Crippen LogP contribution in [0.25, 0.3) is 10.8 Å². The molecule has 0 aliphatic carbocycles. The number of ether oxygens (including phenoxy) is 3. The number of piperidine rings is 1. The molecule has 230 valence electrons. The molecule has 1 aliphatic heterocycles. The van der Waals surface area contributed by atoms with Crippen molar-refractivity contribution >= 4 is 22.9 Å². The summed E-state index contributed by atoms with van der Waals surface area (Å²) >= 11 is 0. The Morgan fingerprint density at radius 2 is 1.55 bits per heavy atom. The van der Waals surface area contributed by atoms with E-state index in [1.54, 1.807) is 17.2 Å². The lowest BCUT2D eigenvalue weighted by atomic mass is 9.87. The summed E-state index contributed by atoms with van der Waals surface area (Å²) in [6.45, 7) is 7.29. The van der Waals surface area contributed by atoms with Crippen molar-refractivity contribution in [3.05, 3.63) is 119 Å². The van der Waals surface area contributed by atoms with E-state index in [-0.39, 0.29) is 18.0 Å². The Kier molecular flexibility index (Phi) is 10.3. The van der Waals surface area contributed by atoms with Crippen LogP contribution in [0.5, 0.6) is 0 Å². The third-order valence-corrected chi connectivity index (χ3v) is 7.65. The number of carbonyl (C=O) groups is 2. The van der Waals surface area contributed by atoms with Crippen molar-refractivity contribution in [2.24, 2.45) is 0 Å². The van der Waals surface area contributed by atoms with E-state index in [9.17, 15) is 9.59 Å². The molecular formula is C37H41NO6. The van der Waals surface area contributed by atoms with Crippen molar-refractivity contribution in [2.75, 3.05) is 19.7 Å². The van der Waals surface area contributed by atoms with Gasteiger partial charge in [0.1, 0.15) is 5.60 Å². The van der Waals surface area contributed by atoms with Crippen LogP contribution in [-0.2, 0) is 32.1 Å². The van der Waals surface area contributed by atoms with Crippen LogP contribution in [-0.4, -0.2) is 48.6 Å². The molecule has 7 nitrogen and oxygen atoms in total. The first-order valence-corrected chi connectivity index (χ1v) is 15.3. The number of hydroxylamine groups is 2. The second kappa shape index (κ2) is 14.5. The molecule has 1 fully saturated rings. The number of nitrogens with zero attached hydrogens (tertiary/aromatic N) is 1. The van der Waals surface area contributed by atoms with Crippen LogP contribution in [0.3, 0.4) is 0 Å². The molecule has 4 aromatic rings. The molecule has 0 saturated carbocycles. The van der Waals surface area contributed by atoms with Crippen LogP contribution in [0.4, 0.5) is 4.79 Å². The van der Waals surface area contributed by atoms with Crippen LogP contribution in [0.15, 0.2) is 97.1 Å². The average Bonchev–Trinajstić information content (AvgIpc) is 3.02. The number of esters is 1. The number of aryl methyl sites for hydroxylation is 1. The van der Waals surface area contributed by atoms with E-state index in [0.29, 0.717) is 31.9 Å². The van der Waals surface area contributed by atoms with E-state index in [2.05, 4.69) is 54.6 Å². The zero-order valence-corrected chi connectivity index (χ0v) is 25.7. The van der Waals surface area contributed by atoms with Crippen LogP contribution in [0.1, 0.15) is 66.6 Å². The Labute approximate surface area is 259 Å². The van der Waals surface area contributed by atoms with E-state index in [4.69, 9.17) is 19.0 Å². The second-order valence-corrected chi connectivity index (χ2v) is 12.2. The zero-order chi connectivity index (χ0) is 30.9. The molecule has 0 amide bonds. The second-order valence-electron chi connectivity index (χ2n) is 12.2. The molecule has 4 aromatic carbocycles. The fourth-order valence-electron chi connectivity index (χ4n) is 5.46. The van der Waals surface area contributed by atoms with E-state index < -0.39 is 11.8 Å². The van der Waals surface area contributed by atoms with Gasteiger partial charge in [-0.15, -0.1) is 5.06 Å². The summed E-state index contributed by atoms with van der Waals surface area (Å²) in [4.78, 5) is 30.1. The van der Waals surface area contributed by atoms with Crippen molar-refractivity contribution in [1.29, 1.82) is 0 Å². The average molecular weight is 596 g/mol. The van der Waals surface area contributed by atoms with Gasteiger partial charge in [-0.3, -0.25) is 0 Å². The first kappa shape index (κ1) is 31.2. The molecule has 0 aromatic heterocycles. The molecular weight excluding hydrogens is 554 g/mol. The third-order valence-electron chi connectivity index (χ3n) is 7.65. The van der Waals surface area contributed by atoms with Crippen molar-refractivity contribution in [2.45, 2.75) is 64.3 Å². The highest BCUT2D eigenvalue weighted by atomic mass is 16.8. The van der Waals surface area contributed by atoms with Gasteiger partial charge in [-0.2, -0.15) is 0 Å². The standard InChI is InChI=1S/C37H41NO6/c1-37(2,3)43-36(40)44-38-22-21-33(34(25-38)42-26-28-17-18-29-11-7-8-14-32(29)24-28)30-19-15-27(16-20-30)10-9-23-41-35(39)31-12-5-4-6-13-31/h4-8,11-20,24,33-34H,9-10,21-23,25-26H2,1-3H3. The fourth-order valence-corrected chi connectivity index (χ4v) is 5.46. The first-order chi connectivity index (χ1) is 21.2. The molecule has 1 heterocycles. The zero-order valence-electron chi connectivity index (χ0n) is 25.7. The van der Waals surface area contributed by atoms with Gasteiger partial charge in [-0.25, -0.2) is 9.59 Å². The van der Waals surface area contributed by atoms with Gasteiger partial charge in [0, 0.05) is 12.5 Å². The molecule has 7 heteroatoms. The molecule has 5 rings (SSSR count). The summed E-state index contributed by atoms with van der Waals surface area (Å²) in [5, 5.41) is 4.02. The van der Waals surface area contributed by atoms with Gasteiger partial charge in [0.25, 0.3) is 0 Å². The maximum Gasteiger partial charge on any atom is 0.528 e. The number of rotatable bonds is 10. The minimum Gasteiger partial charge on any atom is -0.462 e. The first-order valence-electron chi connectivity index (χ1n) is 15.3. The fraction of sp³-hybridized carbons (Fsp3) is 0.351. The van der Waals surface area contributed by atoms with Crippen molar-refractivity contribution in [1.82, 2.24) is 5.06 Å². The van der Waals surface area contributed by atoms with Gasteiger partial charge in [0.05, 0.1) is 31.4 Å². The van der Waals surface area contributed by atoms with Gasteiger partial charge in [0.2, 0.25) is 0 Å². The summed E-state index contributed by atoms with van der Waals surface area (Å²) < 4.78 is 17.3. The number of fused-ring (bicyclic) bond motifs is 1. The van der Waals surface area contributed by atoms with Gasteiger partial charge in [0.15, 0.2) is 0 Å². The predicted octanol–water partition coefficient (Wildman–Crippen LogP) is 7.87. The normalized spacial score (nSPS) is 17.2. The lowest BCUT2D eigenvalue weighted by Gasteiger charge is -2.37. The number of hydrogen-bond acceptors (Lipinski definition) is 7. The summed E-state index contributed by atoms with van der Waals surface area (Å²) in [6.07, 6.45) is 1.42. The van der Waals surface area contributed by atoms with Crippen molar-refractivity contribution in [3.63, 3.8) is 0 Å². The molecule has 0 radical (unpaired) electrons. The topological polar surface area (TPSA) is 74.3 Å². The largest absolute Gasteiger partial charge is 0.528 e. The minimum atomic E-state index is -0.706. The Hall–Kier alpha value is -4.20. The molecule has 44 heavy (non-hydrogen) atoms. The maximum absolute atomic E-state index is 12.4. The van der Waals surface area contributed by atoms with Crippen LogP contribution < -0.4 is 0 Å². The highest BCUT2D eigenvalue weighted by molar-refractivity contribution is 5.89. The highest BCUT2D eigenvalue weighted by Gasteiger charge is 2.34. The van der Waals surface area contributed by atoms with Gasteiger partial charge in [-0.05, 0) is 85.7 Å². The molecule has 1 aliphatic rings. The SMILES string of the molecule is CC(C)(C)OC(=O)ON1CCC(c2ccc(CCCOC(=O)c3ccccc3)cc2)C(OCc2ccc3ccccc3c2)C1. The summed E-state index contributed by atoms with van der Waals surface area (Å²) in [7, 11) is 0. The number of carbonyl (C=O) groups excluding carboxylic acids is 2. The number of hydrogen-bond donors (Lipinski definition) is 0. The van der Waals surface area contributed by atoms with Crippen molar-refractivity contribution in [3.8, 4) is 0 Å². The molecule has 2 atom stereocenters. The predicted molar refractivity (Wildman–Crippen MR) is 170 cm³/mol. The van der Waals surface area contributed by atoms with Crippen molar-refractivity contribution < 1.29 is 28.6 Å². The Bertz CT molecular complexity index is 1530. The summed E-state index contributed by atoms with van der Waals surface area (Å²) in [5.74, 6) is -0.160. The molecule has 0 spiro atoms. The van der Waals surface area contributed by atoms with E-state index >= 15 is 0 Å². The summed E-state index contributed by atoms with van der Waals surface area (Å²) in [6, 6.07) is 32.3. The Morgan fingerprint density at radius 1 is 0.841 bits per heavy atom. The lowest BCUT2D eigenvalue weighted by Crippen LogP contribution is -2.45. The van der Waals surface area contributed by atoms with Crippen LogP contribution in [0, 0.1) is 0 Å². The highest BCUT2D eigenvalue weighted by Crippen LogP contribution is 2.32. The third kappa shape index (κ3) is 8.91. The maximum atomic E-state index is 12.4. The van der Waals surface area contributed by atoms with E-state index in [1.807, 2.05) is 51.1 Å². The molecule has 0 N–H and O–H groups in total. The van der Waals surface area contributed by atoms with Gasteiger partial charge in [-0.1, -0.05) is 78.9 Å². The molecule has 1 saturated heterocycles. The summed E-state index contributed by atoms with van der Waals surface area (Å²) in [5.41, 5.74) is 3.40. The number of benzene rings is 4. The van der Waals surface area contributed by atoms with Crippen LogP contribution >= 0.6 is 0 Å². The van der Waals surface area contributed by atoms with Crippen LogP contribution in [0.2, 0.25) is 0 Å². The minimum absolute atomic E-state index is 0.134. The molecule has 2 unspecified atom stereocenters. The van der Waals surface area contributed by atoms with E-state index in [1.165, 1.54) is 21.9 Å². The monoisotopic (exact) mass is 595 g/mol. The smallest absolute Gasteiger partial charge is 0.462 e. The quantitative estimate of drug-likeness (QED) is 0.136. The lowest BCUT2D eigenvalue weighted by molar-refractivity contribution is -0.179. The Morgan fingerprint density at radius 3 is 2.30 bits per heavy atom. The molecule has 0 bridgehead atoms. The van der Waals surface area contributed by atoms with Gasteiger partial charge < -0.3 is 19.0 Å². The Balaban J connectivity index is 1.20. The van der Waals surface area contributed by atoms with E-state index in [0.717, 1.165) is 24.8 Å².